The van der Waals surface area contributed by atoms with Crippen LogP contribution in [0.1, 0.15) is 22.5 Å². The molecule has 0 saturated heterocycles. The second-order valence-corrected chi connectivity index (χ2v) is 6.90. The maximum Gasteiger partial charge on any atom is 0.293 e. The smallest absolute Gasteiger partial charge is 0.293 e. The predicted octanol–water partition coefficient (Wildman–Crippen LogP) is 2.23. The summed E-state index contributed by atoms with van der Waals surface area (Å²) < 4.78 is 1.43. The number of hydrogen-bond acceptors (Lipinski definition) is 5. The summed E-state index contributed by atoms with van der Waals surface area (Å²) in [5.74, 6) is 0.0142. The molecule has 29 heavy (non-hydrogen) atoms. The van der Waals surface area contributed by atoms with E-state index in [2.05, 4.69) is 20.6 Å². The summed E-state index contributed by atoms with van der Waals surface area (Å²) in [6.45, 7) is 4.68. The molecule has 0 aliphatic rings. The number of hydrogen-bond donors (Lipinski definition) is 2. The molecule has 1 amide bonds. The van der Waals surface area contributed by atoms with Gasteiger partial charge in [-0.25, -0.2) is 4.98 Å². The third-order valence-electron chi connectivity index (χ3n) is 4.53. The lowest BCUT2D eigenvalue weighted by molar-refractivity contribution is -0.121. The molecule has 0 bridgehead atoms. The van der Waals surface area contributed by atoms with Crippen molar-refractivity contribution >= 4 is 11.7 Å². The molecule has 3 rings (SSSR count). The Hall–Kier alpha value is -3.48. The summed E-state index contributed by atoms with van der Waals surface area (Å²) in [7, 11) is 0. The van der Waals surface area contributed by atoms with Crippen LogP contribution in [0, 0.1) is 13.8 Å². The van der Waals surface area contributed by atoms with Gasteiger partial charge in [0.05, 0.1) is 0 Å². The Kier molecular flexibility index (Phi) is 6.73. The average Bonchev–Trinajstić information content (AvgIpc) is 2.72. The molecule has 7 nitrogen and oxygen atoms in total. The van der Waals surface area contributed by atoms with Crippen molar-refractivity contribution in [3.8, 4) is 0 Å². The number of aryl methyl sites for hydroxylation is 2. The topological polar surface area (TPSA) is 88.9 Å². The number of carbonyl (C=O) groups is 1. The van der Waals surface area contributed by atoms with Crippen LogP contribution < -0.4 is 16.2 Å². The minimum atomic E-state index is -0.309. The van der Waals surface area contributed by atoms with Gasteiger partial charge in [0.25, 0.3) is 5.56 Å². The monoisotopic (exact) mass is 391 g/mol. The van der Waals surface area contributed by atoms with E-state index in [-0.39, 0.29) is 23.8 Å². The first-order chi connectivity index (χ1) is 14.0. The molecular weight excluding hydrogens is 366 g/mol. The van der Waals surface area contributed by atoms with Crippen molar-refractivity contribution in [3.63, 3.8) is 0 Å². The molecule has 3 aromatic rings. The second kappa shape index (κ2) is 9.64. The fourth-order valence-corrected chi connectivity index (χ4v) is 2.97. The number of nitrogens with one attached hydrogen (secondary N) is 2. The van der Waals surface area contributed by atoms with Crippen LogP contribution in [-0.4, -0.2) is 27.0 Å². The Bertz CT molecular complexity index is 1030. The molecule has 0 atom stereocenters. The quantitative estimate of drug-likeness (QED) is 0.615. The predicted molar refractivity (Wildman–Crippen MR) is 113 cm³/mol. The maximum absolute atomic E-state index is 12.7. The highest BCUT2D eigenvalue weighted by Gasteiger charge is 2.11. The molecule has 150 valence electrons. The summed E-state index contributed by atoms with van der Waals surface area (Å²) in [6.07, 6.45) is 4.01. The molecule has 2 aromatic heterocycles. The zero-order valence-corrected chi connectivity index (χ0v) is 16.7. The van der Waals surface area contributed by atoms with Crippen LogP contribution in [0.15, 0.2) is 59.7 Å². The standard InChI is InChI=1S/C22H25N5O2/c1-16-6-5-7-18(12-16)14-25-20(28)15-27-17(2)13-26-21(22(27)29)24-11-9-19-8-3-4-10-23-19/h3-8,10,12-13H,9,11,14-15H2,1-2H3,(H,24,26)(H,25,28). The molecular formula is C22H25N5O2. The molecule has 7 heteroatoms. The number of amides is 1. The van der Waals surface area contributed by atoms with E-state index in [1.807, 2.05) is 49.4 Å². The minimum Gasteiger partial charge on any atom is -0.365 e. The van der Waals surface area contributed by atoms with E-state index < -0.39 is 0 Å². The molecule has 0 fully saturated rings. The summed E-state index contributed by atoms with van der Waals surface area (Å²) in [6, 6.07) is 13.7. The number of anilines is 1. The molecule has 2 N–H and O–H groups in total. The van der Waals surface area contributed by atoms with Crippen LogP contribution in [0.2, 0.25) is 0 Å². The van der Waals surface area contributed by atoms with Gasteiger partial charge in [-0.3, -0.25) is 19.1 Å². The SMILES string of the molecule is Cc1cccc(CNC(=O)Cn2c(C)cnc(NCCc3ccccn3)c2=O)c1. The van der Waals surface area contributed by atoms with Crippen molar-refractivity contribution in [2.45, 2.75) is 33.4 Å². The fraction of sp³-hybridized carbons (Fsp3) is 0.273. The Morgan fingerprint density at radius 3 is 2.72 bits per heavy atom. The molecule has 0 unspecified atom stereocenters. The number of nitrogens with zero attached hydrogens (tertiary/aromatic N) is 3. The van der Waals surface area contributed by atoms with Crippen molar-refractivity contribution < 1.29 is 4.79 Å². The van der Waals surface area contributed by atoms with Gasteiger partial charge >= 0.3 is 0 Å². The van der Waals surface area contributed by atoms with Gasteiger partial charge in [-0.05, 0) is 31.5 Å². The van der Waals surface area contributed by atoms with Crippen molar-refractivity contribution in [2.75, 3.05) is 11.9 Å². The number of aromatic nitrogens is 3. The fourth-order valence-electron chi connectivity index (χ4n) is 2.97. The molecule has 0 aliphatic heterocycles. The zero-order chi connectivity index (χ0) is 20.6. The van der Waals surface area contributed by atoms with E-state index in [1.165, 1.54) is 4.57 Å². The molecule has 0 radical (unpaired) electrons. The van der Waals surface area contributed by atoms with E-state index in [0.717, 1.165) is 16.8 Å². The van der Waals surface area contributed by atoms with Crippen molar-refractivity contribution in [1.29, 1.82) is 0 Å². The van der Waals surface area contributed by atoms with Crippen LogP contribution in [0.3, 0.4) is 0 Å². The normalized spacial score (nSPS) is 10.6. The average molecular weight is 391 g/mol. The highest BCUT2D eigenvalue weighted by molar-refractivity contribution is 5.75. The first-order valence-electron chi connectivity index (χ1n) is 9.55. The summed E-state index contributed by atoms with van der Waals surface area (Å²) in [5, 5.41) is 5.92. The minimum absolute atomic E-state index is 0.0477. The van der Waals surface area contributed by atoms with Gasteiger partial charge in [0.1, 0.15) is 6.54 Å². The molecule has 0 aliphatic carbocycles. The molecule has 0 saturated carbocycles. The molecule has 2 heterocycles. The van der Waals surface area contributed by atoms with Gasteiger partial charge in [0.2, 0.25) is 5.91 Å². The van der Waals surface area contributed by atoms with Gasteiger partial charge in [0.15, 0.2) is 5.82 Å². The number of rotatable bonds is 8. The van der Waals surface area contributed by atoms with Crippen LogP contribution in [0.5, 0.6) is 0 Å². The van der Waals surface area contributed by atoms with E-state index in [0.29, 0.717) is 25.2 Å². The third-order valence-corrected chi connectivity index (χ3v) is 4.53. The number of benzene rings is 1. The first kappa shape index (κ1) is 20.3. The zero-order valence-electron chi connectivity index (χ0n) is 16.7. The van der Waals surface area contributed by atoms with Crippen molar-refractivity contribution in [3.05, 3.63) is 87.7 Å². The van der Waals surface area contributed by atoms with Crippen molar-refractivity contribution in [1.82, 2.24) is 19.9 Å². The molecule has 1 aromatic carbocycles. The van der Waals surface area contributed by atoms with Crippen LogP contribution >= 0.6 is 0 Å². The largest absolute Gasteiger partial charge is 0.365 e. The number of pyridine rings is 1. The van der Waals surface area contributed by atoms with Crippen LogP contribution in [-0.2, 0) is 24.3 Å². The molecule has 0 spiro atoms. The summed E-state index contributed by atoms with van der Waals surface area (Å²) in [5.41, 5.74) is 3.42. The Labute approximate surface area is 169 Å². The summed E-state index contributed by atoms with van der Waals surface area (Å²) >= 11 is 0. The lowest BCUT2D eigenvalue weighted by Crippen LogP contribution is -2.34. The van der Waals surface area contributed by atoms with Gasteiger partial charge in [-0.2, -0.15) is 0 Å². The van der Waals surface area contributed by atoms with Gasteiger partial charge in [0, 0.05) is 43.3 Å². The third kappa shape index (κ3) is 5.75. The van der Waals surface area contributed by atoms with Crippen LogP contribution in [0.25, 0.3) is 0 Å². The van der Waals surface area contributed by atoms with Crippen LogP contribution in [0.4, 0.5) is 5.82 Å². The summed E-state index contributed by atoms with van der Waals surface area (Å²) in [4.78, 5) is 33.5. The maximum atomic E-state index is 12.7. The van der Waals surface area contributed by atoms with Gasteiger partial charge < -0.3 is 10.6 Å². The Morgan fingerprint density at radius 2 is 1.97 bits per heavy atom. The van der Waals surface area contributed by atoms with E-state index >= 15 is 0 Å². The first-order valence-corrected chi connectivity index (χ1v) is 9.55. The van der Waals surface area contributed by atoms with E-state index in [9.17, 15) is 9.59 Å². The van der Waals surface area contributed by atoms with E-state index in [1.54, 1.807) is 19.3 Å². The van der Waals surface area contributed by atoms with Gasteiger partial charge in [-0.15, -0.1) is 0 Å². The Morgan fingerprint density at radius 1 is 1.10 bits per heavy atom. The van der Waals surface area contributed by atoms with Gasteiger partial charge in [-0.1, -0.05) is 35.9 Å². The second-order valence-electron chi connectivity index (χ2n) is 6.90. The lowest BCUT2D eigenvalue weighted by Gasteiger charge is -2.12. The van der Waals surface area contributed by atoms with E-state index in [4.69, 9.17) is 0 Å². The van der Waals surface area contributed by atoms with Crippen molar-refractivity contribution in [2.24, 2.45) is 0 Å². The Balaban J connectivity index is 1.60. The highest BCUT2D eigenvalue weighted by Crippen LogP contribution is 2.04. The number of carbonyl (C=O) groups excluding carboxylic acids is 1. The highest BCUT2D eigenvalue weighted by atomic mass is 16.2. The lowest BCUT2D eigenvalue weighted by atomic mass is 10.1.